The fourth-order valence-electron chi connectivity index (χ4n) is 1.61. The molecular formula is C16H11F3O. The summed E-state index contributed by atoms with van der Waals surface area (Å²) in [5, 5.41) is 9.82. The third-order valence-electron chi connectivity index (χ3n) is 2.68. The second-order valence-electron chi connectivity index (χ2n) is 4.16. The molecule has 0 fully saturated rings. The van der Waals surface area contributed by atoms with E-state index in [1.807, 2.05) is 18.2 Å². The van der Waals surface area contributed by atoms with Crippen LogP contribution in [-0.2, 0) is 6.18 Å². The SMILES string of the molecule is O[C@H](C#Cc1ccccc1)c1ccc(C(F)(F)F)cc1. The van der Waals surface area contributed by atoms with Crippen molar-refractivity contribution in [1.29, 1.82) is 0 Å². The van der Waals surface area contributed by atoms with Crippen LogP contribution in [0.5, 0.6) is 0 Å². The molecule has 0 aliphatic heterocycles. The number of halogens is 3. The zero-order chi connectivity index (χ0) is 14.6. The van der Waals surface area contributed by atoms with Gasteiger partial charge in [-0.1, -0.05) is 42.2 Å². The van der Waals surface area contributed by atoms with Crippen molar-refractivity contribution in [2.75, 3.05) is 0 Å². The van der Waals surface area contributed by atoms with Gasteiger partial charge in [-0.3, -0.25) is 0 Å². The molecule has 1 N–H and O–H groups in total. The standard InChI is InChI=1S/C16H11F3O/c17-16(18,19)14-9-7-13(8-10-14)15(20)11-6-12-4-2-1-3-5-12/h1-5,7-10,15,20H/t15-/m1/s1. The molecule has 4 heteroatoms. The topological polar surface area (TPSA) is 20.2 Å². The largest absolute Gasteiger partial charge is 0.416 e. The second-order valence-corrected chi connectivity index (χ2v) is 4.16. The van der Waals surface area contributed by atoms with Gasteiger partial charge < -0.3 is 5.11 Å². The van der Waals surface area contributed by atoms with E-state index in [0.29, 0.717) is 5.56 Å². The minimum atomic E-state index is -4.38. The van der Waals surface area contributed by atoms with Crippen molar-refractivity contribution in [3.8, 4) is 11.8 Å². The van der Waals surface area contributed by atoms with Crippen LogP contribution in [-0.4, -0.2) is 5.11 Å². The van der Waals surface area contributed by atoms with E-state index in [4.69, 9.17) is 0 Å². The molecule has 0 aliphatic rings. The number of alkyl halides is 3. The van der Waals surface area contributed by atoms with Crippen molar-refractivity contribution in [2.24, 2.45) is 0 Å². The smallest absolute Gasteiger partial charge is 0.376 e. The molecule has 2 rings (SSSR count). The van der Waals surface area contributed by atoms with Crippen molar-refractivity contribution >= 4 is 0 Å². The van der Waals surface area contributed by atoms with E-state index in [2.05, 4.69) is 11.8 Å². The first-order chi connectivity index (χ1) is 9.47. The van der Waals surface area contributed by atoms with E-state index in [-0.39, 0.29) is 0 Å². The van der Waals surface area contributed by atoms with Crippen LogP contribution in [0.4, 0.5) is 13.2 Å². The Labute approximate surface area is 114 Å². The Bertz CT molecular complexity index is 619. The van der Waals surface area contributed by atoms with Crippen LogP contribution in [0, 0.1) is 11.8 Å². The molecule has 0 saturated heterocycles. The Morgan fingerprint density at radius 2 is 1.50 bits per heavy atom. The normalized spacial score (nSPS) is 12.4. The van der Waals surface area contributed by atoms with E-state index in [1.165, 1.54) is 12.1 Å². The van der Waals surface area contributed by atoms with Crippen molar-refractivity contribution in [3.05, 3.63) is 71.3 Å². The molecule has 0 unspecified atom stereocenters. The van der Waals surface area contributed by atoms with Gasteiger partial charge in [0.15, 0.2) is 0 Å². The fourth-order valence-corrected chi connectivity index (χ4v) is 1.61. The van der Waals surface area contributed by atoms with Crippen LogP contribution in [0.2, 0.25) is 0 Å². The predicted molar refractivity (Wildman–Crippen MR) is 69.7 cm³/mol. The molecule has 0 radical (unpaired) electrons. The summed E-state index contributed by atoms with van der Waals surface area (Å²) < 4.78 is 37.2. The molecule has 0 aromatic heterocycles. The van der Waals surface area contributed by atoms with E-state index in [9.17, 15) is 18.3 Å². The lowest BCUT2D eigenvalue weighted by atomic mass is 10.1. The van der Waals surface area contributed by atoms with Crippen molar-refractivity contribution in [1.82, 2.24) is 0 Å². The molecule has 1 nitrogen and oxygen atoms in total. The molecule has 102 valence electrons. The molecule has 0 heterocycles. The third-order valence-corrected chi connectivity index (χ3v) is 2.68. The average molecular weight is 276 g/mol. The van der Waals surface area contributed by atoms with Gasteiger partial charge in [-0.25, -0.2) is 0 Å². The zero-order valence-electron chi connectivity index (χ0n) is 10.4. The van der Waals surface area contributed by atoms with Crippen molar-refractivity contribution < 1.29 is 18.3 Å². The third kappa shape index (κ3) is 3.62. The maximum absolute atomic E-state index is 12.4. The first kappa shape index (κ1) is 14.2. The van der Waals surface area contributed by atoms with Crippen LogP contribution >= 0.6 is 0 Å². The molecule has 1 atom stereocenters. The van der Waals surface area contributed by atoms with Gasteiger partial charge in [0.05, 0.1) is 5.56 Å². The summed E-state index contributed by atoms with van der Waals surface area (Å²) in [6.07, 6.45) is -5.49. The highest BCUT2D eigenvalue weighted by Crippen LogP contribution is 2.29. The van der Waals surface area contributed by atoms with Gasteiger partial charge in [0.2, 0.25) is 0 Å². The molecular weight excluding hydrogens is 265 g/mol. The molecule has 0 amide bonds. The van der Waals surface area contributed by atoms with Gasteiger partial charge in [-0.2, -0.15) is 13.2 Å². The van der Waals surface area contributed by atoms with Crippen molar-refractivity contribution in [3.63, 3.8) is 0 Å². The Morgan fingerprint density at radius 1 is 0.900 bits per heavy atom. The number of aliphatic hydroxyl groups excluding tert-OH is 1. The maximum Gasteiger partial charge on any atom is 0.416 e. The quantitative estimate of drug-likeness (QED) is 0.786. The van der Waals surface area contributed by atoms with Gasteiger partial charge in [-0.05, 0) is 29.8 Å². The fraction of sp³-hybridized carbons (Fsp3) is 0.125. The van der Waals surface area contributed by atoms with Crippen LogP contribution in [0.1, 0.15) is 22.8 Å². The van der Waals surface area contributed by atoms with Crippen molar-refractivity contribution in [2.45, 2.75) is 12.3 Å². The highest BCUT2D eigenvalue weighted by atomic mass is 19.4. The number of hydrogen-bond donors (Lipinski definition) is 1. The first-order valence-corrected chi connectivity index (χ1v) is 5.88. The van der Waals surface area contributed by atoms with E-state index in [1.54, 1.807) is 12.1 Å². The second kappa shape index (κ2) is 5.81. The average Bonchev–Trinajstić information content (AvgIpc) is 2.45. The number of hydrogen-bond acceptors (Lipinski definition) is 1. The molecule has 0 saturated carbocycles. The summed E-state index contributed by atoms with van der Waals surface area (Å²) in [5.41, 5.74) is 0.323. The number of aliphatic hydroxyl groups is 1. The number of rotatable bonds is 1. The lowest BCUT2D eigenvalue weighted by Gasteiger charge is -2.08. The highest BCUT2D eigenvalue weighted by molar-refractivity contribution is 5.37. The summed E-state index contributed by atoms with van der Waals surface area (Å²) in [4.78, 5) is 0. The Morgan fingerprint density at radius 3 is 2.05 bits per heavy atom. The zero-order valence-corrected chi connectivity index (χ0v) is 10.4. The Balaban J connectivity index is 2.14. The van der Waals surface area contributed by atoms with E-state index < -0.39 is 17.8 Å². The predicted octanol–water partition coefficient (Wildman–Crippen LogP) is 3.79. The van der Waals surface area contributed by atoms with Gasteiger partial charge in [0.1, 0.15) is 6.10 Å². The molecule has 0 aliphatic carbocycles. The van der Waals surface area contributed by atoms with Gasteiger partial charge >= 0.3 is 6.18 Å². The summed E-state index contributed by atoms with van der Waals surface area (Å²) in [7, 11) is 0. The minimum absolute atomic E-state index is 0.335. The van der Waals surface area contributed by atoms with Gasteiger partial charge in [0, 0.05) is 5.56 Å². The summed E-state index contributed by atoms with van der Waals surface area (Å²) in [6, 6.07) is 13.4. The van der Waals surface area contributed by atoms with Crippen LogP contribution in [0.25, 0.3) is 0 Å². The lowest BCUT2D eigenvalue weighted by Crippen LogP contribution is -2.05. The monoisotopic (exact) mass is 276 g/mol. The van der Waals surface area contributed by atoms with Gasteiger partial charge in [-0.15, -0.1) is 0 Å². The molecule has 2 aromatic carbocycles. The summed E-state index contributed by atoms with van der Waals surface area (Å²) in [5.74, 6) is 5.36. The molecule has 0 bridgehead atoms. The van der Waals surface area contributed by atoms with Crippen LogP contribution < -0.4 is 0 Å². The molecule has 2 aromatic rings. The summed E-state index contributed by atoms with van der Waals surface area (Å²) in [6.45, 7) is 0. The molecule has 0 spiro atoms. The summed E-state index contributed by atoms with van der Waals surface area (Å²) >= 11 is 0. The van der Waals surface area contributed by atoms with Gasteiger partial charge in [0.25, 0.3) is 0 Å². The lowest BCUT2D eigenvalue weighted by molar-refractivity contribution is -0.137. The maximum atomic E-state index is 12.4. The highest BCUT2D eigenvalue weighted by Gasteiger charge is 2.30. The van der Waals surface area contributed by atoms with E-state index >= 15 is 0 Å². The van der Waals surface area contributed by atoms with Crippen LogP contribution in [0.3, 0.4) is 0 Å². The number of benzene rings is 2. The van der Waals surface area contributed by atoms with E-state index in [0.717, 1.165) is 17.7 Å². The minimum Gasteiger partial charge on any atom is -0.376 e. The Hall–Kier alpha value is -2.25. The first-order valence-electron chi connectivity index (χ1n) is 5.88. The Kier molecular flexibility index (Phi) is 4.11. The van der Waals surface area contributed by atoms with Crippen LogP contribution in [0.15, 0.2) is 54.6 Å². The molecule has 20 heavy (non-hydrogen) atoms.